The van der Waals surface area contributed by atoms with E-state index in [4.69, 9.17) is 4.52 Å². The Kier molecular flexibility index (Phi) is 5.87. The van der Waals surface area contributed by atoms with Gasteiger partial charge in [-0.15, -0.1) is 0 Å². The van der Waals surface area contributed by atoms with Crippen LogP contribution in [-0.2, 0) is 14.8 Å². The van der Waals surface area contributed by atoms with E-state index in [0.717, 1.165) is 32.2 Å². The SMILES string of the molecule is CCCNC(=O)CN1CC2(CCN(S(C)(=O)=O)CC2)CC1c1nc(C)no1. The Morgan fingerprint density at radius 2 is 2.07 bits per heavy atom. The second-order valence-corrected chi connectivity index (χ2v) is 9.80. The Morgan fingerprint density at radius 3 is 2.63 bits per heavy atom. The molecule has 3 heterocycles. The minimum absolute atomic E-state index is 0.0105. The highest BCUT2D eigenvalue weighted by Gasteiger charge is 2.48. The van der Waals surface area contributed by atoms with Crippen LogP contribution in [0.4, 0.5) is 0 Å². The molecular weight excluding hydrogens is 370 g/mol. The smallest absolute Gasteiger partial charge is 0.244 e. The number of carbonyl (C=O) groups excluding carboxylic acids is 1. The number of likely N-dealkylation sites (tertiary alicyclic amines) is 1. The number of rotatable bonds is 6. The Hall–Kier alpha value is -1.52. The van der Waals surface area contributed by atoms with Crippen molar-refractivity contribution in [2.45, 2.75) is 45.6 Å². The van der Waals surface area contributed by atoms with Gasteiger partial charge in [0.25, 0.3) is 0 Å². The molecule has 152 valence electrons. The summed E-state index contributed by atoms with van der Waals surface area (Å²) in [5, 5.41) is 6.82. The van der Waals surface area contributed by atoms with Gasteiger partial charge in [0.15, 0.2) is 5.82 Å². The predicted molar refractivity (Wildman–Crippen MR) is 99.4 cm³/mol. The van der Waals surface area contributed by atoms with Gasteiger partial charge < -0.3 is 9.84 Å². The van der Waals surface area contributed by atoms with Gasteiger partial charge in [0.2, 0.25) is 21.8 Å². The highest BCUT2D eigenvalue weighted by Crippen LogP contribution is 2.48. The Bertz CT molecular complexity index is 770. The standard InChI is InChI=1S/C17H29N5O4S/c1-4-7-18-15(23)11-21-12-17(5-8-22(9-6-17)27(3,24)25)10-14(21)16-19-13(2)20-26-16/h14H,4-12H2,1-3H3,(H,18,23). The number of nitrogens with zero attached hydrogens (tertiary/aromatic N) is 4. The van der Waals surface area contributed by atoms with Crippen molar-refractivity contribution in [2.75, 3.05) is 39.0 Å². The molecule has 1 spiro atoms. The van der Waals surface area contributed by atoms with Gasteiger partial charge in [-0.25, -0.2) is 12.7 Å². The molecule has 10 heteroatoms. The fourth-order valence-electron chi connectivity index (χ4n) is 4.16. The van der Waals surface area contributed by atoms with Gasteiger partial charge in [0.05, 0.1) is 18.8 Å². The second-order valence-electron chi connectivity index (χ2n) is 7.82. The molecule has 9 nitrogen and oxygen atoms in total. The van der Waals surface area contributed by atoms with E-state index in [-0.39, 0.29) is 23.9 Å². The van der Waals surface area contributed by atoms with Crippen molar-refractivity contribution < 1.29 is 17.7 Å². The highest BCUT2D eigenvalue weighted by molar-refractivity contribution is 7.88. The van der Waals surface area contributed by atoms with E-state index >= 15 is 0 Å². The molecule has 0 radical (unpaired) electrons. The van der Waals surface area contributed by atoms with Crippen LogP contribution in [0, 0.1) is 12.3 Å². The maximum Gasteiger partial charge on any atom is 0.244 e. The van der Waals surface area contributed by atoms with Gasteiger partial charge in [0, 0.05) is 26.2 Å². The van der Waals surface area contributed by atoms with E-state index in [1.807, 2.05) is 6.92 Å². The zero-order chi connectivity index (χ0) is 19.7. The van der Waals surface area contributed by atoms with E-state index in [2.05, 4.69) is 20.4 Å². The van der Waals surface area contributed by atoms with Crippen LogP contribution in [0.25, 0.3) is 0 Å². The second kappa shape index (κ2) is 7.84. The van der Waals surface area contributed by atoms with Crippen LogP contribution in [0.5, 0.6) is 0 Å². The van der Waals surface area contributed by atoms with E-state index in [1.165, 1.54) is 6.26 Å². The van der Waals surface area contributed by atoms with Crippen molar-refractivity contribution in [2.24, 2.45) is 5.41 Å². The molecule has 1 amide bonds. The summed E-state index contributed by atoms with van der Waals surface area (Å²) < 4.78 is 30.6. The summed E-state index contributed by atoms with van der Waals surface area (Å²) in [6.07, 6.45) is 4.50. The number of hydrogen-bond acceptors (Lipinski definition) is 7. The molecule has 1 aromatic rings. The molecule has 1 aromatic heterocycles. The van der Waals surface area contributed by atoms with Crippen LogP contribution in [0.15, 0.2) is 4.52 Å². The van der Waals surface area contributed by atoms with Crippen molar-refractivity contribution >= 4 is 15.9 Å². The average molecular weight is 400 g/mol. The van der Waals surface area contributed by atoms with Gasteiger partial charge in [-0.05, 0) is 38.0 Å². The van der Waals surface area contributed by atoms with Gasteiger partial charge in [-0.3, -0.25) is 9.69 Å². The summed E-state index contributed by atoms with van der Waals surface area (Å²) in [5.74, 6) is 1.11. The van der Waals surface area contributed by atoms with Crippen molar-refractivity contribution in [3.05, 3.63) is 11.7 Å². The number of aromatic nitrogens is 2. The van der Waals surface area contributed by atoms with Gasteiger partial charge in [0.1, 0.15) is 0 Å². The van der Waals surface area contributed by atoms with Crippen LogP contribution < -0.4 is 5.32 Å². The summed E-state index contributed by atoms with van der Waals surface area (Å²) >= 11 is 0. The number of nitrogens with one attached hydrogen (secondary N) is 1. The molecule has 0 saturated carbocycles. The summed E-state index contributed by atoms with van der Waals surface area (Å²) in [4.78, 5) is 18.8. The van der Waals surface area contributed by atoms with E-state index < -0.39 is 10.0 Å². The number of aryl methyl sites for hydroxylation is 1. The molecule has 2 aliphatic rings. The first-order valence-corrected chi connectivity index (χ1v) is 11.3. The van der Waals surface area contributed by atoms with Crippen molar-refractivity contribution in [3.63, 3.8) is 0 Å². The molecule has 27 heavy (non-hydrogen) atoms. The number of hydrogen-bond donors (Lipinski definition) is 1. The summed E-state index contributed by atoms with van der Waals surface area (Å²) in [5.41, 5.74) is -0.0285. The fourth-order valence-corrected chi connectivity index (χ4v) is 5.01. The van der Waals surface area contributed by atoms with Gasteiger partial charge >= 0.3 is 0 Å². The summed E-state index contributed by atoms with van der Waals surface area (Å²) in [6.45, 7) is 6.51. The van der Waals surface area contributed by atoms with Crippen LogP contribution in [0.1, 0.15) is 50.4 Å². The van der Waals surface area contributed by atoms with Gasteiger partial charge in [-0.1, -0.05) is 12.1 Å². The number of piperidine rings is 1. The molecule has 1 N–H and O–H groups in total. The Labute approximate surface area is 160 Å². The highest BCUT2D eigenvalue weighted by atomic mass is 32.2. The normalized spacial score (nSPS) is 23.7. The lowest BCUT2D eigenvalue weighted by molar-refractivity contribution is -0.122. The molecular formula is C17H29N5O4S. The van der Waals surface area contributed by atoms with Crippen LogP contribution in [0.3, 0.4) is 0 Å². The minimum Gasteiger partial charge on any atom is -0.355 e. The first kappa shape index (κ1) is 20.2. The third kappa shape index (κ3) is 4.67. The molecule has 2 fully saturated rings. The molecule has 1 atom stereocenters. The fraction of sp³-hybridized carbons (Fsp3) is 0.824. The maximum absolute atomic E-state index is 12.3. The van der Waals surface area contributed by atoms with Gasteiger partial charge in [-0.2, -0.15) is 4.98 Å². The Balaban J connectivity index is 1.74. The molecule has 0 aromatic carbocycles. The summed E-state index contributed by atoms with van der Waals surface area (Å²) in [7, 11) is -3.16. The molecule has 1 unspecified atom stereocenters. The third-order valence-corrected chi connectivity index (χ3v) is 6.91. The lowest BCUT2D eigenvalue weighted by atomic mass is 9.77. The third-order valence-electron chi connectivity index (χ3n) is 5.60. The number of amides is 1. The molecule has 3 rings (SSSR count). The predicted octanol–water partition coefficient (Wildman–Crippen LogP) is 0.693. The summed E-state index contributed by atoms with van der Waals surface area (Å²) in [6, 6.07) is -0.108. The van der Waals surface area contributed by atoms with Crippen LogP contribution >= 0.6 is 0 Å². The zero-order valence-corrected chi connectivity index (χ0v) is 17.1. The van der Waals surface area contributed by atoms with E-state index in [1.54, 1.807) is 11.2 Å². The first-order valence-electron chi connectivity index (χ1n) is 9.48. The molecule has 2 aliphatic heterocycles. The van der Waals surface area contributed by atoms with Crippen molar-refractivity contribution in [1.82, 2.24) is 24.7 Å². The van der Waals surface area contributed by atoms with Crippen LogP contribution in [0.2, 0.25) is 0 Å². The quantitative estimate of drug-likeness (QED) is 0.750. The van der Waals surface area contributed by atoms with Crippen molar-refractivity contribution in [3.8, 4) is 0 Å². The molecule has 0 bridgehead atoms. The van der Waals surface area contributed by atoms with Crippen molar-refractivity contribution in [1.29, 1.82) is 0 Å². The number of carbonyl (C=O) groups is 1. The lowest BCUT2D eigenvalue weighted by Gasteiger charge is -2.38. The minimum atomic E-state index is -3.16. The topological polar surface area (TPSA) is 109 Å². The Morgan fingerprint density at radius 1 is 1.37 bits per heavy atom. The zero-order valence-electron chi connectivity index (χ0n) is 16.3. The number of sulfonamides is 1. The monoisotopic (exact) mass is 399 g/mol. The first-order chi connectivity index (χ1) is 12.7. The largest absolute Gasteiger partial charge is 0.355 e. The lowest BCUT2D eigenvalue weighted by Crippen LogP contribution is -2.44. The molecule has 2 saturated heterocycles. The van der Waals surface area contributed by atoms with E-state index in [0.29, 0.717) is 31.3 Å². The van der Waals surface area contributed by atoms with Crippen LogP contribution in [-0.4, -0.2) is 72.7 Å². The van der Waals surface area contributed by atoms with E-state index in [9.17, 15) is 13.2 Å². The molecule has 0 aliphatic carbocycles. The average Bonchev–Trinajstić information content (AvgIpc) is 3.17. The maximum atomic E-state index is 12.3.